The molecule has 1 aromatic carbocycles. The number of aliphatic hydroxyl groups excluding tert-OH is 1. The van der Waals surface area contributed by atoms with Crippen LogP contribution >= 0.6 is 0 Å². The standard InChI is InChI=1S/C12H15F3O/c1-7-4-8(2)10(9(3)5-7)6-11(16)12(13,14)15/h4-5,11,16H,6H2,1-3H3/t11-/m1/s1. The Morgan fingerprint density at radius 2 is 1.56 bits per heavy atom. The van der Waals surface area contributed by atoms with E-state index in [2.05, 4.69) is 0 Å². The van der Waals surface area contributed by atoms with Gasteiger partial charge >= 0.3 is 6.18 Å². The Bertz CT molecular complexity index is 359. The third kappa shape index (κ3) is 2.98. The van der Waals surface area contributed by atoms with Crippen molar-refractivity contribution in [1.82, 2.24) is 0 Å². The smallest absolute Gasteiger partial charge is 0.383 e. The molecule has 1 nitrogen and oxygen atoms in total. The van der Waals surface area contributed by atoms with Crippen molar-refractivity contribution in [2.75, 3.05) is 0 Å². The van der Waals surface area contributed by atoms with Gasteiger partial charge in [0.2, 0.25) is 0 Å². The summed E-state index contributed by atoms with van der Waals surface area (Å²) in [5, 5.41) is 9.03. The maximum atomic E-state index is 12.2. The monoisotopic (exact) mass is 232 g/mol. The van der Waals surface area contributed by atoms with E-state index in [0.29, 0.717) is 5.56 Å². The first-order valence-corrected chi connectivity index (χ1v) is 5.03. The lowest BCUT2D eigenvalue weighted by atomic mass is 9.95. The van der Waals surface area contributed by atoms with Crippen LogP contribution in [0.1, 0.15) is 22.3 Å². The highest BCUT2D eigenvalue weighted by molar-refractivity contribution is 5.37. The Labute approximate surface area is 92.9 Å². The number of benzene rings is 1. The summed E-state index contributed by atoms with van der Waals surface area (Å²) in [6.45, 7) is 5.42. The molecule has 90 valence electrons. The van der Waals surface area contributed by atoms with Gasteiger partial charge in [-0.3, -0.25) is 0 Å². The molecule has 4 heteroatoms. The van der Waals surface area contributed by atoms with Crippen LogP contribution in [0.2, 0.25) is 0 Å². The zero-order valence-corrected chi connectivity index (χ0v) is 9.52. The molecule has 0 saturated heterocycles. The Morgan fingerprint density at radius 3 is 1.94 bits per heavy atom. The third-order valence-corrected chi connectivity index (χ3v) is 2.62. The van der Waals surface area contributed by atoms with Gasteiger partial charge < -0.3 is 5.11 Å². The highest BCUT2D eigenvalue weighted by Crippen LogP contribution is 2.26. The normalized spacial score (nSPS) is 13.9. The summed E-state index contributed by atoms with van der Waals surface area (Å²) in [4.78, 5) is 0. The van der Waals surface area contributed by atoms with Gasteiger partial charge in [-0.05, 0) is 37.5 Å². The molecule has 0 aliphatic carbocycles. The molecule has 1 rings (SSSR count). The van der Waals surface area contributed by atoms with Crippen molar-refractivity contribution in [1.29, 1.82) is 0 Å². The number of aryl methyl sites for hydroxylation is 3. The summed E-state index contributed by atoms with van der Waals surface area (Å²) < 4.78 is 36.7. The molecule has 0 aromatic heterocycles. The van der Waals surface area contributed by atoms with Gasteiger partial charge in [0.05, 0.1) is 0 Å². The second-order valence-corrected chi connectivity index (χ2v) is 4.14. The molecule has 0 aliphatic rings. The van der Waals surface area contributed by atoms with E-state index in [1.54, 1.807) is 13.8 Å². The van der Waals surface area contributed by atoms with Crippen molar-refractivity contribution in [3.63, 3.8) is 0 Å². The van der Waals surface area contributed by atoms with E-state index in [1.165, 1.54) is 0 Å². The summed E-state index contributed by atoms with van der Waals surface area (Å²) in [5.41, 5.74) is 3.18. The van der Waals surface area contributed by atoms with Gasteiger partial charge in [-0.2, -0.15) is 13.2 Å². The fourth-order valence-electron chi connectivity index (χ4n) is 1.84. The molecule has 0 amide bonds. The van der Waals surface area contributed by atoms with E-state index in [4.69, 9.17) is 5.11 Å². The molecule has 0 heterocycles. The topological polar surface area (TPSA) is 20.2 Å². The van der Waals surface area contributed by atoms with Gasteiger partial charge in [-0.25, -0.2) is 0 Å². The molecule has 1 N–H and O–H groups in total. The van der Waals surface area contributed by atoms with Crippen molar-refractivity contribution < 1.29 is 18.3 Å². The van der Waals surface area contributed by atoms with Crippen molar-refractivity contribution in [3.05, 3.63) is 34.4 Å². The second-order valence-electron chi connectivity index (χ2n) is 4.14. The maximum Gasteiger partial charge on any atom is 0.414 e. The average Bonchev–Trinajstić information content (AvgIpc) is 2.08. The predicted octanol–water partition coefficient (Wildman–Crippen LogP) is 3.08. The molecule has 0 saturated carbocycles. The molecule has 0 bridgehead atoms. The molecule has 0 spiro atoms. The number of hydrogen-bond donors (Lipinski definition) is 1. The lowest BCUT2D eigenvalue weighted by molar-refractivity contribution is -0.203. The lowest BCUT2D eigenvalue weighted by Gasteiger charge is -2.17. The number of hydrogen-bond acceptors (Lipinski definition) is 1. The second kappa shape index (κ2) is 4.45. The van der Waals surface area contributed by atoms with E-state index in [1.807, 2.05) is 19.1 Å². The van der Waals surface area contributed by atoms with Crippen LogP contribution in [-0.2, 0) is 6.42 Å². The average molecular weight is 232 g/mol. The van der Waals surface area contributed by atoms with E-state index in [0.717, 1.165) is 16.7 Å². The Kier molecular flexibility index (Phi) is 3.63. The summed E-state index contributed by atoms with van der Waals surface area (Å²) in [6, 6.07) is 3.65. The summed E-state index contributed by atoms with van der Waals surface area (Å²) in [5.74, 6) is 0. The van der Waals surface area contributed by atoms with Crippen LogP contribution < -0.4 is 0 Å². The minimum Gasteiger partial charge on any atom is -0.383 e. The molecule has 1 atom stereocenters. The molecule has 16 heavy (non-hydrogen) atoms. The van der Waals surface area contributed by atoms with Crippen molar-refractivity contribution in [3.8, 4) is 0 Å². The quantitative estimate of drug-likeness (QED) is 0.830. The molecular formula is C12H15F3O. The first-order valence-electron chi connectivity index (χ1n) is 5.03. The summed E-state index contributed by atoms with van der Waals surface area (Å²) >= 11 is 0. The van der Waals surface area contributed by atoms with Crippen LogP contribution in [0.15, 0.2) is 12.1 Å². The number of aliphatic hydroxyl groups is 1. The van der Waals surface area contributed by atoms with E-state index in [9.17, 15) is 13.2 Å². The van der Waals surface area contributed by atoms with E-state index < -0.39 is 12.3 Å². The van der Waals surface area contributed by atoms with Crippen LogP contribution in [-0.4, -0.2) is 17.4 Å². The first kappa shape index (κ1) is 13.0. The predicted molar refractivity (Wildman–Crippen MR) is 56.4 cm³/mol. The minimum atomic E-state index is -4.55. The SMILES string of the molecule is Cc1cc(C)c(C[C@@H](O)C(F)(F)F)c(C)c1. The fraction of sp³-hybridized carbons (Fsp3) is 0.500. The molecule has 0 fully saturated rings. The summed E-state index contributed by atoms with van der Waals surface area (Å²) in [7, 11) is 0. The molecule has 1 aromatic rings. The molecule has 0 aliphatic heterocycles. The van der Waals surface area contributed by atoms with Gasteiger partial charge in [0.15, 0.2) is 6.10 Å². The first-order chi connectivity index (χ1) is 7.21. The van der Waals surface area contributed by atoms with Gasteiger partial charge in [-0.1, -0.05) is 17.7 Å². The fourth-order valence-corrected chi connectivity index (χ4v) is 1.84. The Balaban J connectivity index is 2.98. The van der Waals surface area contributed by atoms with E-state index in [-0.39, 0.29) is 6.42 Å². The number of halogens is 3. The Hall–Kier alpha value is -1.03. The van der Waals surface area contributed by atoms with Crippen LogP contribution in [0.25, 0.3) is 0 Å². The zero-order valence-electron chi connectivity index (χ0n) is 9.52. The van der Waals surface area contributed by atoms with Crippen LogP contribution in [0.4, 0.5) is 13.2 Å². The van der Waals surface area contributed by atoms with Crippen LogP contribution in [0, 0.1) is 20.8 Å². The lowest BCUT2D eigenvalue weighted by Crippen LogP contribution is -2.31. The molecule has 0 radical (unpaired) electrons. The van der Waals surface area contributed by atoms with Crippen molar-refractivity contribution in [2.24, 2.45) is 0 Å². The maximum absolute atomic E-state index is 12.2. The highest BCUT2D eigenvalue weighted by Gasteiger charge is 2.38. The van der Waals surface area contributed by atoms with Gasteiger partial charge in [0.25, 0.3) is 0 Å². The number of rotatable bonds is 2. The van der Waals surface area contributed by atoms with Crippen LogP contribution in [0.3, 0.4) is 0 Å². The zero-order chi connectivity index (χ0) is 12.5. The minimum absolute atomic E-state index is 0.374. The van der Waals surface area contributed by atoms with Crippen LogP contribution in [0.5, 0.6) is 0 Å². The van der Waals surface area contributed by atoms with Crippen molar-refractivity contribution in [2.45, 2.75) is 39.5 Å². The van der Waals surface area contributed by atoms with E-state index >= 15 is 0 Å². The van der Waals surface area contributed by atoms with Gasteiger partial charge in [0.1, 0.15) is 0 Å². The third-order valence-electron chi connectivity index (χ3n) is 2.62. The highest BCUT2D eigenvalue weighted by atomic mass is 19.4. The largest absolute Gasteiger partial charge is 0.414 e. The van der Waals surface area contributed by atoms with Gasteiger partial charge in [-0.15, -0.1) is 0 Å². The Morgan fingerprint density at radius 1 is 1.12 bits per heavy atom. The molecule has 0 unspecified atom stereocenters. The molecular weight excluding hydrogens is 217 g/mol. The van der Waals surface area contributed by atoms with Gasteiger partial charge in [0, 0.05) is 6.42 Å². The number of alkyl halides is 3. The summed E-state index contributed by atoms with van der Waals surface area (Å²) in [6.07, 6.45) is -7.21. The van der Waals surface area contributed by atoms with Crippen molar-refractivity contribution >= 4 is 0 Å².